The maximum atomic E-state index is 5.17. The van der Waals surface area contributed by atoms with Crippen molar-refractivity contribution < 1.29 is 9.47 Å². The van der Waals surface area contributed by atoms with Crippen molar-refractivity contribution in [3.05, 3.63) is 35.4 Å². The summed E-state index contributed by atoms with van der Waals surface area (Å²) in [5.74, 6) is 1.45. The van der Waals surface area contributed by atoms with E-state index in [0.29, 0.717) is 5.92 Å². The summed E-state index contributed by atoms with van der Waals surface area (Å²) in [5.41, 5.74) is 3.13. The van der Waals surface area contributed by atoms with Gasteiger partial charge < -0.3 is 9.47 Å². The zero-order valence-corrected chi connectivity index (χ0v) is 11.7. The Morgan fingerprint density at radius 1 is 0.833 bits per heavy atom. The number of fused-ring (bicyclic) bond motifs is 1. The topological polar surface area (TPSA) is 18.5 Å². The fourth-order valence-electron chi connectivity index (χ4n) is 2.47. The van der Waals surface area contributed by atoms with Crippen LogP contribution in [0.5, 0.6) is 0 Å². The van der Waals surface area contributed by atoms with Gasteiger partial charge >= 0.3 is 0 Å². The summed E-state index contributed by atoms with van der Waals surface area (Å²) in [5, 5.41) is 0. The molecule has 3 rings (SSSR count). The highest BCUT2D eigenvalue weighted by Crippen LogP contribution is 2.25. The van der Waals surface area contributed by atoms with Gasteiger partial charge in [-0.1, -0.05) is 38.1 Å². The molecule has 2 heteroatoms. The molecule has 0 bridgehead atoms. The van der Waals surface area contributed by atoms with Crippen molar-refractivity contribution in [3.63, 3.8) is 0 Å². The summed E-state index contributed by atoms with van der Waals surface area (Å²) >= 11 is 0. The summed E-state index contributed by atoms with van der Waals surface area (Å²) < 4.78 is 10.3. The molecule has 1 aliphatic carbocycles. The van der Waals surface area contributed by atoms with Crippen molar-refractivity contribution in [1.82, 2.24) is 0 Å². The molecule has 0 spiro atoms. The minimum Gasteiger partial charge on any atom is -0.353 e. The molecular formula is C16H24O2. The fourth-order valence-corrected chi connectivity index (χ4v) is 2.47. The molecule has 2 nitrogen and oxygen atoms in total. The van der Waals surface area contributed by atoms with E-state index in [9.17, 15) is 0 Å². The Hall–Kier alpha value is -0.860. The Kier molecular flexibility index (Phi) is 4.79. The summed E-state index contributed by atoms with van der Waals surface area (Å²) in [6, 6.07) is 8.77. The van der Waals surface area contributed by atoms with Crippen LogP contribution >= 0.6 is 0 Å². The SMILES string of the molecule is CC1COC(C)OC1.CC1Cc2ccccc2C1. The third-order valence-electron chi connectivity index (χ3n) is 3.49. The van der Waals surface area contributed by atoms with Gasteiger partial charge in [0, 0.05) is 5.92 Å². The highest BCUT2D eigenvalue weighted by molar-refractivity contribution is 5.31. The highest BCUT2D eigenvalue weighted by atomic mass is 16.7. The van der Waals surface area contributed by atoms with E-state index < -0.39 is 0 Å². The average Bonchev–Trinajstić information content (AvgIpc) is 2.74. The molecule has 1 aromatic rings. The van der Waals surface area contributed by atoms with Gasteiger partial charge in [0.05, 0.1) is 13.2 Å². The van der Waals surface area contributed by atoms with Crippen molar-refractivity contribution in [2.24, 2.45) is 11.8 Å². The van der Waals surface area contributed by atoms with Gasteiger partial charge in [-0.25, -0.2) is 0 Å². The molecule has 0 radical (unpaired) electrons. The van der Waals surface area contributed by atoms with Gasteiger partial charge in [0.15, 0.2) is 6.29 Å². The third kappa shape index (κ3) is 3.82. The highest BCUT2D eigenvalue weighted by Gasteiger charge is 2.15. The molecule has 1 aliphatic heterocycles. The van der Waals surface area contributed by atoms with Crippen LogP contribution in [-0.4, -0.2) is 19.5 Å². The summed E-state index contributed by atoms with van der Waals surface area (Å²) in [4.78, 5) is 0. The molecule has 0 saturated carbocycles. The van der Waals surface area contributed by atoms with E-state index in [1.807, 2.05) is 6.92 Å². The first-order chi connectivity index (χ1) is 8.65. The Bertz CT molecular complexity index is 332. The van der Waals surface area contributed by atoms with Gasteiger partial charge in [0.25, 0.3) is 0 Å². The van der Waals surface area contributed by atoms with Gasteiger partial charge in [-0.2, -0.15) is 0 Å². The summed E-state index contributed by atoms with van der Waals surface area (Å²) in [7, 11) is 0. The zero-order valence-electron chi connectivity index (χ0n) is 11.7. The van der Waals surface area contributed by atoms with Gasteiger partial charge in [-0.05, 0) is 36.8 Å². The number of ether oxygens (including phenoxy) is 2. The normalized spacial score (nSPS) is 27.3. The zero-order chi connectivity index (χ0) is 13.0. The Morgan fingerprint density at radius 3 is 1.78 bits per heavy atom. The summed E-state index contributed by atoms with van der Waals surface area (Å²) in [6.45, 7) is 8.06. The lowest BCUT2D eigenvalue weighted by Crippen LogP contribution is -2.27. The molecule has 18 heavy (non-hydrogen) atoms. The van der Waals surface area contributed by atoms with Crippen LogP contribution in [0.15, 0.2) is 24.3 Å². The first-order valence-electron chi connectivity index (χ1n) is 6.95. The second kappa shape index (κ2) is 6.35. The molecule has 1 aromatic carbocycles. The van der Waals surface area contributed by atoms with Crippen LogP contribution in [0.25, 0.3) is 0 Å². The molecule has 2 aliphatic rings. The van der Waals surface area contributed by atoms with E-state index in [0.717, 1.165) is 19.1 Å². The smallest absolute Gasteiger partial charge is 0.154 e. The maximum absolute atomic E-state index is 5.17. The maximum Gasteiger partial charge on any atom is 0.154 e. The standard InChI is InChI=1S/C10H12.C6H12O2/c1-8-6-9-4-2-3-5-10(9)7-8;1-5-3-7-6(2)8-4-5/h2-5,8H,6-7H2,1H3;5-6H,3-4H2,1-2H3. The molecule has 1 saturated heterocycles. The van der Waals surface area contributed by atoms with E-state index in [2.05, 4.69) is 38.1 Å². The van der Waals surface area contributed by atoms with Crippen molar-refractivity contribution in [2.45, 2.75) is 39.9 Å². The lowest BCUT2D eigenvalue weighted by atomic mass is 10.1. The molecule has 1 heterocycles. The van der Waals surface area contributed by atoms with Crippen LogP contribution in [-0.2, 0) is 22.3 Å². The molecule has 0 N–H and O–H groups in total. The molecule has 0 amide bonds. The van der Waals surface area contributed by atoms with Crippen LogP contribution < -0.4 is 0 Å². The van der Waals surface area contributed by atoms with Gasteiger partial charge in [0.2, 0.25) is 0 Å². The number of rotatable bonds is 0. The Labute approximate surface area is 110 Å². The molecular weight excluding hydrogens is 224 g/mol. The van der Waals surface area contributed by atoms with E-state index in [4.69, 9.17) is 9.47 Å². The molecule has 100 valence electrons. The number of hydrogen-bond donors (Lipinski definition) is 0. The van der Waals surface area contributed by atoms with Crippen molar-refractivity contribution in [1.29, 1.82) is 0 Å². The van der Waals surface area contributed by atoms with E-state index in [1.54, 1.807) is 11.1 Å². The first kappa shape index (κ1) is 13.6. The molecule has 0 aromatic heterocycles. The molecule has 0 unspecified atom stereocenters. The lowest BCUT2D eigenvalue weighted by molar-refractivity contribution is -0.187. The fraction of sp³-hybridized carbons (Fsp3) is 0.625. The number of benzene rings is 1. The average molecular weight is 248 g/mol. The van der Waals surface area contributed by atoms with Crippen LogP contribution in [0.4, 0.5) is 0 Å². The van der Waals surface area contributed by atoms with Gasteiger partial charge in [0.1, 0.15) is 0 Å². The van der Waals surface area contributed by atoms with E-state index >= 15 is 0 Å². The van der Waals surface area contributed by atoms with Crippen LogP contribution in [0.2, 0.25) is 0 Å². The lowest BCUT2D eigenvalue weighted by Gasteiger charge is -2.24. The summed E-state index contributed by atoms with van der Waals surface area (Å²) in [6.07, 6.45) is 2.60. The monoisotopic (exact) mass is 248 g/mol. The second-order valence-corrected chi connectivity index (χ2v) is 5.62. The predicted molar refractivity (Wildman–Crippen MR) is 73.5 cm³/mol. The quantitative estimate of drug-likeness (QED) is 0.700. The van der Waals surface area contributed by atoms with Crippen LogP contribution in [0.3, 0.4) is 0 Å². The van der Waals surface area contributed by atoms with Crippen molar-refractivity contribution in [2.75, 3.05) is 13.2 Å². The largest absolute Gasteiger partial charge is 0.353 e. The minimum absolute atomic E-state index is 0.0196. The minimum atomic E-state index is 0.0196. The predicted octanol–water partition coefficient (Wildman–Crippen LogP) is 3.44. The first-order valence-corrected chi connectivity index (χ1v) is 6.95. The van der Waals surface area contributed by atoms with Crippen LogP contribution in [0, 0.1) is 11.8 Å². The second-order valence-electron chi connectivity index (χ2n) is 5.62. The molecule has 1 fully saturated rings. The Morgan fingerprint density at radius 2 is 1.33 bits per heavy atom. The van der Waals surface area contributed by atoms with Crippen molar-refractivity contribution in [3.8, 4) is 0 Å². The van der Waals surface area contributed by atoms with Crippen molar-refractivity contribution >= 4 is 0 Å². The van der Waals surface area contributed by atoms with Gasteiger partial charge in [-0.3, -0.25) is 0 Å². The Balaban J connectivity index is 0.000000138. The van der Waals surface area contributed by atoms with Crippen LogP contribution in [0.1, 0.15) is 31.9 Å². The van der Waals surface area contributed by atoms with E-state index in [-0.39, 0.29) is 6.29 Å². The molecule has 0 atom stereocenters. The van der Waals surface area contributed by atoms with Gasteiger partial charge in [-0.15, -0.1) is 0 Å². The van der Waals surface area contributed by atoms with E-state index in [1.165, 1.54) is 12.8 Å². The number of hydrogen-bond acceptors (Lipinski definition) is 2. The third-order valence-corrected chi connectivity index (χ3v) is 3.49.